The Hall–Kier alpha value is -1.26. The van der Waals surface area contributed by atoms with E-state index in [4.69, 9.17) is 21.1 Å². The van der Waals surface area contributed by atoms with Gasteiger partial charge in [0.15, 0.2) is 17.3 Å². The number of benzene rings is 1. The van der Waals surface area contributed by atoms with Gasteiger partial charge in [0.2, 0.25) is 0 Å². The number of rotatable bonds is 3. The van der Waals surface area contributed by atoms with Crippen molar-refractivity contribution >= 4 is 17.4 Å². The Morgan fingerprint density at radius 2 is 2.18 bits per heavy atom. The molecular weight excluding hydrogens is 242 g/mol. The molecular formula is C12H14ClNO3. The number of nitrogens with one attached hydrogen (secondary N) is 1. The van der Waals surface area contributed by atoms with E-state index < -0.39 is 0 Å². The number of carbonyl (C=O) groups is 1. The first kappa shape index (κ1) is 12.2. The molecule has 0 saturated heterocycles. The Kier molecular flexibility index (Phi) is 3.54. The molecule has 1 aliphatic rings. The van der Waals surface area contributed by atoms with E-state index in [1.165, 1.54) is 0 Å². The molecule has 4 nitrogen and oxygen atoms in total. The van der Waals surface area contributed by atoms with E-state index in [0.717, 1.165) is 5.56 Å². The van der Waals surface area contributed by atoms with Crippen LogP contribution in [-0.4, -0.2) is 32.6 Å². The van der Waals surface area contributed by atoms with Crippen LogP contribution in [0, 0.1) is 6.92 Å². The number of ether oxygens (including phenoxy) is 2. The fraction of sp³-hybridized carbons (Fsp3) is 0.417. The van der Waals surface area contributed by atoms with Crippen LogP contribution in [0.1, 0.15) is 15.9 Å². The second-order valence-electron chi connectivity index (χ2n) is 3.84. The van der Waals surface area contributed by atoms with Crippen LogP contribution in [0.2, 0.25) is 5.02 Å². The fourth-order valence-electron chi connectivity index (χ4n) is 1.79. The van der Waals surface area contributed by atoms with Gasteiger partial charge in [-0.05, 0) is 20.0 Å². The average Bonchev–Trinajstić information content (AvgIpc) is 2.34. The maximum atomic E-state index is 11.9. The van der Waals surface area contributed by atoms with Gasteiger partial charge in [0.25, 0.3) is 0 Å². The number of hydrogen-bond donors (Lipinski definition) is 1. The molecule has 0 aliphatic carbocycles. The SMILES string of the molecule is CNCC(=O)c1cc2c(c(C)c1Cl)OCCO2. The molecule has 2 rings (SSSR count). The lowest BCUT2D eigenvalue weighted by Crippen LogP contribution is -2.21. The minimum absolute atomic E-state index is 0.0578. The Morgan fingerprint density at radius 1 is 1.47 bits per heavy atom. The normalized spacial score (nSPS) is 13.6. The summed E-state index contributed by atoms with van der Waals surface area (Å²) in [5, 5.41) is 3.25. The molecule has 0 bridgehead atoms. The highest BCUT2D eigenvalue weighted by molar-refractivity contribution is 6.35. The topological polar surface area (TPSA) is 47.6 Å². The smallest absolute Gasteiger partial charge is 0.178 e. The van der Waals surface area contributed by atoms with Crippen molar-refractivity contribution in [3.05, 3.63) is 22.2 Å². The van der Waals surface area contributed by atoms with Crippen molar-refractivity contribution in [1.82, 2.24) is 5.32 Å². The minimum Gasteiger partial charge on any atom is -0.486 e. The van der Waals surface area contributed by atoms with Gasteiger partial charge < -0.3 is 14.8 Å². The third-order valence-electron chi connectivity index (χ3n) is 2.63. The summed E-state index contributed by atoms with van der Waals surface area (Å²) in [7, 11) is 1.72. The second-order valence-corrected chi connectivity index (χ2v) is 4.22. The van der Waals surface area contributed by atoms with E-state index >= 15 is 0 Å². The predicted octanol–water partition coefficient (Wildman–Crippen LogP) is 1.82. The lowest BCUT2D eigenvalue weighted by molar-refractivity contribution is 0.0992. The van der Waals surface area contributed by atoms with E-state index in [1.807, 2.05) is 6.92 Å². The number of halogens is 1. The van der Waals surface area contributed by atoms with Crippen LogP contribution in [0.3, 0.4) is 0 Å². The van der Waals surface area contributed by atoms with Crippen molar-refractivity contribution in [3.8, 4) is 11.5 Å². The lowest BCUT2D eigenvalue weighted by Gasteiger charge is -2.22. The maximum absolute atomic E-state index is 11.9. The molecule has 0 spiro atoms. The number of likely N-dealkylation sites (N-methyl/N-ethyl adjacent to an activating group) is 1. The molecule has 17 heavy (non-hydrogen) atoms. The summed E-state index contributed by atoms with van der Waals surface area (Å²) in [5.74, 6) is 1.18. The summed E-state index contributed by atoms with van der Waals surface area (Å²) in [6.07, 6.45) is 0. The number of fused-ring (bicyclic) bond motifs is 1. The average molecular weight is 256 g/mol. The van der Waals surface area contributed by atoms with Gasteiger partial charge in [0.05, 0.1) is 11.6 Å². The summed E-state index contributed by atoms with van der Waals surface area (Å²) >= 11 is 6.18. The van der Waals surface area contributed by atoms with Crippen molar-refractivity contribution < 1.29 is 14.3 Å². The van der Waals surface area contributed by atoms with Gasteiger partial charge >= 0.3 is 0 Å². The summed E-state index contributed by atoms with van der Waals surface area (Å²) in [5.41, 5.74) is 1.23. The summed E-state index contributed by atoms with van der Waals surface area (Å²) in [4.78, 5) is 11.9. The minimum atomic E-state index is -0.0578. The Balaban J connectivity index is 2.47. The second kappa shape index (κ2) is 4.94. The number of ketones is 1. The highest BCUT2D eigenvalue weighted by Gasteiger charge is 2.22. The molecule has 92 valence electrons. The molecule has 0 saturated carbocycles. The van der Waals surface area contributed by atoms with Crippen molar-refractivity contribution in [2.24, 2.45) is 0 Å². The lowest BCUT2D eigenvalue weighted by atomic mass is 10.1. The molecule has 1 aromatic rings. The summed E-state index contributed by atoms with van der Waals surface area (Å²) < 4.78 is 11.0. The van der Waals surface area contributed by atoms with Gasteiger partial charge in [-0.1, -0.05) is 11.6 Å². The van der Waals surface area contributed by atoms with E-state index in [-0.39, 0.29) is 12.3 Å². The van der Waals surface area contributed by atoms with Crippen LogP contribution < -0.4 is 14.8 Å². The number of Topliss-reactive ketones (excluding diaryl/α,β-unsaturated/α-hetero) is 1. The van der Waals surface area contributed by atoms with Crippen molar-refractivity contribution in [2.75, 3.05) is 26.8 Å². The summed E-state index contributed by atoms with van der Waals surface area (Å²) in [6.45, 7) is 3.08. The molecule has 0 unspecified atom stereocenters. The van der Waals surface area contributed by atoms with Gasteiger partial charge in [-0.3, -0.25) is 4.79 Å². The van der Waals surface area contributed by atoms with Gasteiger partial charge in [-0.25, -0.2) is 0 Å². The molecule has 5 heteroatoms. The van der Waals surface area contributed by atoms with Gasteiger partial charge in [0.1, 0.15) is 13.2 Å². The van der Waals surface area contributed by atoms with Gasteiger partial charge in [-0.2, -0.15) is 0 Å². The molecule has 0 atom stereocenters. The number of carbonyl (C=O) groups excluding carboxylic acids is 1. The van der Waals surface area contributed by atoms with Crippen molar-refractivity contribution in [3.63, 3.8) is 0 Å². The number of hydrogen-bond acceptors (Lipinski definition) is 4. The van der Waals surface area contributed by atoms with E-state index in [2.05, 4.69) is 5.32 Å². The zero-order valence-corrected chi connectivity index (χ0v) is 10.6. The van der Waals surface area contributed by atoms with Crippen LogP contribution >= 0.6 is 11.6 Å². The Labute approximate surface area is 105 Å². The first-order chi connectivity index (χ1) is 8.15. The Bertz CT molecular complexity index is 460. The zero-order chi connectivity index (χ0) is 12.4. The van der Waals surface area contributed by atoms with Crippen LogP contribution in [0.15, 0.2) is 6.07 Å². The highest BCUT2D eigenvalue weighted by Crippen LogP contribution is 2.39. The fourth-order valence-corrected chi connectivity index (χ4v) is 2.03. The molecule has 0 radical (unpaired) electrons. The van der Waals surface area contributed by atoms with Crippen LogP contribution in [-0.2, 0) is 0 Å². The van der Waals surface area contributed by atoms with E-state index in [1.54, 1.807) is 13.1 Å². The van der Waals surface area contributed by atoms with Gasteiger partial charge in [-0.15, -0.1) is 0 Å². The summed E-state index contributed by atoms with van der Waals surface area (Å²) in [6, 6.07) is 1.66. The molecule has 1 heterocycles. The zero-order valence-electron chi connectivity index (χ0n) is 9.80. The van der Waals surface area contributed by atoms with Crippen molar-refractivity contribution in [1.29, 1.82) is 0 Å². The molecule has 1 N–H and O–H groups in total. The molecule has 0 amide bonds. The Morgan fingerprint density at radius 3 is 2.88 bits per heavy atom. The van der Waals surface area contributed by atoms with Crippen LogP contribution in [0.5, 0.6) is 11.5 Å². The third kappa shape index (κ3) is 2.23. The quantitative estimate of drug-likeness (QED) is 0.837. The van der Waals surface area contributed by atoms with E-state index in [0.29, 0.717) is 35.3 Å². The third-order valence-corrected chi connectivity index (χ3v) is 3.12. The maximum Gasteiger partial charge on any atom is 0.178 e. The molecule has 0 fully saturated rings. The molecule has 0 aromatic heterocycles. The largest absolute Gasteiger partial charge is 0.486 e. The van der Waals surface area contributed by atoms with Crippen LogP contribution in [0.25, 0.3) is 0 Å². The standard InChI is InChI=1S/C12H14ClNO3/c1-7-11(13)8(9(15)6-14-2)5-10-12(7)17-4-3-16-10/h5,14H,3-4,6H2,1-2H3. The molecule has 1 aliphatic heterocycles. The first-order valence-electron chi connectivity index (χ1n) is 5.41. The molecule has 1 aromatic carbocycles. The van der Waals surface area contributed by atoms with Gasteiger partial charge in [0, 0.05) is 11.1 Å². The van der Waals surface area contributed by atoms with Crippen molar-refractivity contribution in [2.45, 2.75) is 6.92 Å². The highest BCUT2D eigenvalue weighted by atomic mass is 35.5. The first-order valence-corrected chi connectivity index (χ1v) is 5.79. The monoisotopic (exact) mass is 255 g/mol. The predicted molar refractivity (Wildman–Crippen MR) is 65.4 cm³/mol. The van der Waals surface area contributed by atoms with E-state index in [9.17, 15) is 4.79 Å². The van der Waals surface area contributed by atoms with Crippen LogP contribution in [0.4, 0.5) is 0 Å².